The van der Waals surface area contributed by atoms with Gasteiger partial charge in [0.15, 0.2) is 5.78 Å². The smallest absolute Gasteiger partial charge is 0.270 e. The summed E-state index contributed by atoms with van der Waals surface area (Å²) >= 11 is 0. The fourth-order valence-corrected chi connectivity index (χ4v) is 2.17. The minimum Gasteiger partial charge on any atom is -0.294 e. The van der Waals surface area contributed by atoms with Gasteiger partial charge in [-0.05, 0) is 25.7 Å². The minimum absolute atomic E-state index is 0.0292. The molecule has 1 aromatic carbocycles. The third kappa shape index (κ3) is 3.03. The van der Waals surface area contributed by atoms with E-state index < -0.39 is 4.92 Å². The zero-order valence-electron chi connectivity index (χ0n) is 10.1. The van der Waals surface area contributed by atoms with Crippen molar-refractivity contribution in [1.29, 1.82) is 0 Å². The van der Waals surface area contributed by atoms with Crippen LogP contribution in [0, 0.1) is 10.1 Å². The van der Waals surface area contributed by atoms with Gasteiger partial charge in [-0.25, -0.2) is 0 Å². The van der Waals surface area contributed by atoms with Crippen LogP contribution in [0.1, 0.15) is 42.5 Å². The molecule has 0 N–H and O–H groups in total. The Morgan fingerprint density at radius 2 is 2.17 bits per heavy atom. The third-order valence-electron chi connectivity index (χ3n) is 3.15. The van der Waals surface area contributed by atoms with Gasteiger partial charge in [-0.1, -0.05) is 23.8 Å². The van der Waals surface area contributed by atoms with E-state index in [4.69, 9.17) is 0 Å². The van der Waals surface area contributed by atoms with Crippen LogP contribution >= 0.6 is 0 Å². The highest BCUT2D eigenvalue weighted by Crippen LogP contribution is 2.22. The van der Waals surface area contributed by atoms with Crippen LogP contribution in [0.2, 0.25) is 0 Å². The maximum atomic E-state index is 12.0. The molecule has 0 radical (unpaired) electrons. The molecule has 2 rings (SSSR count). The number of allylic oxidation sites excluding steroid dienone is 2. The second kappa shape index (κ2) is 5.58. The van der Waals surface area contributed by atoms with E-state index in [0.29, 0.717) is 12.0 Å². The van der Waals surface area contributed by atoms with Crippen molar-refractivity contribution in [3.8, 4) is 0 Å². The molecule has 0 aliphatic heterocycles. The largest absolute Gasteiger partial charge is 0.294 e. The van der Waals surface area contributed by atoms with Crippen LogP contribution < -0.4 is 0 Å². The number of nitro groups is 1. The Morgan fingerprint density at radius 1 is 1.33 bits per heavy atom. The van der Waals surface area contributed by atoms with Crippen molar-refractivity contribution >= 4 is 11.5 Å². The quantitative estimate of drug-likeness (QED) is 0.352. The SMILES string of the molecule is O=C(CC1=CCCCC1)c1cccc([N+](=O)[O-])c1. The van der Waals surface area contributed by atoms with Crippen LogP contribution in [-0.4, -0.2) is 10.7 Å². The van der Waals surface area contributed by atoms with Crippen LogP contribution in [-0.2, 0) is 0 Å². The summed E-state index contributed by atoms with van der Waals surface area (Å²) in [6.07, 6.45) is 6.85. The van der Waals surface area contributed by atoms with Gasteiger partial charge >= 0.3 is 0 Å². The maximum absolute atomic E-state index is 12.0. The highest BCUT2D eigenvalue weighted by atomic mass is 16.6. The first-order valence-electron chi connectivity index (χ1n) is 6.12. The highest BCUT2D eigenvalue weighted by Gasteiger charge is 2.14. The molecule has 4 nitrogen and oxygen atoms in total. The van der Waals surface area contributed by atoms with E-state index in [0.717, 1.165) is 24.8 Å². The number of hydrogen-bond acceptors (Lipinski definition) is 3. The topological polar surface area (TPSA) is 60.2 Å². The average Bonchev–Trinajstić information content (AvgIpc) is 2.40. The summed E-state index contributed by atoms with van der Waals surface area (Å²) in [6.45, 7) is 0. The van der Waals surface area contributed by atoms with Gasteiger partial charge in [0.05, 0.1) is 4.92 Å². The lowest BCUT2D eigenvalue weighted by molar-refractivity contribution is -0.384. The van der Waals surface area contributed by atoms with Crippen molar-refractivity contribution in [1.82, 2.24) is 0 Å². The number of carbonyl (C=O) groups excluding carboxylic acids is 1. The number of ketones is 1. The molecule has 0 spiro atoms. The molecular formula is C14H15NO3. The Hall–Kier alpha value is -1.97. The Bertz CT molecular complexity index is 506. The summed E-state index contributed by atoms with van der Waals surface area (Å²) in [5.41, 5.74) is 1.56. The zero-order valence-corrected chi connectivity index (χ0v) is 10.1. The zero-order chi connectivity index (χ0) is 13.0. The molecule has 0 saturated heterocycles. The fraction of sp³-hybridized carbons (Fsp3) is 0.357. The lowest BCUT2D eigenvalue weighted by atomic mass is 9.94. The van der Waals surface area contributed by atoms with Crippen molar-refractivity contribution in [3.05, 3.63) is 51.6 Å². The second-order valence-electron chi connectivity index (χ2n) is 4.52. The molecule has 1 aromatic rings. The standard InChI is InChI=1S/C14H15NO3/c16-14(9-11-5-2-1-3-6-11)12-7-4-8-13(10-12)15(17)18/h4-5,7-8,10H,1-3,6,9H2. The van der Waals surface area contributed by atoms with Gasteiger partial charge in [0.2, 0.25) is 0 Å². The number of hydrogen-bond donors (Lipinski definition) is 0. The number of carbonyl (C=O) groups is 1. The minimum atomic E-state index is -0.476. The molecule has 0 fully saturated rings. The van der Waals surface area contributed by atoms with Crippen LogP contribution in [0.15, 0.2) is 35.9 Å². The number of nitro benzene ring substituents is 1. The molecule has 0 atom stereocenters. The Morgan fingerprint density at radius 3 is 2.83 bits per heavy atom. The molecule has 4 heteroatoms. The molecule has 1 aliphatic rings. The van der Waals surface area contributed by atoms with Crippen molar-refractivity contribution in [2.45, 2.75) is 32.1 Å². The van der Waals surface area contributed by atoms with E-state index in [9.17, 15) is 14.9 Å². The van der Waals surface area contributed by atoms with Crippen molar-refractivity contribution in [2.24, 2.45) is 0 Å². The van der Waals surface area contributed by atoms with Gasteiger partial charge < -0.3 is 0 Å². The van der Waals surface area contributed by atoms with E-state index in [1.165, 1.54) is 18.6 Å². The summed E-state index contributed by atoms with van der Waals surface area (Å²) in [6, 6.07) is 5.95. The number of benzene rings is 1. The highest BCUT2D eigenvalue weighted by molar-refractivity contribution is 5.98. The summed E-state index contributed by atoms with van der Waals surface area (Å²) in [7, 11) is 0. The molecule has 0 heterocycles. The van der Waals surface area contributed by atoms with E-state index in [1.54, 1.807) is 12.1 Å². The first kappa shape index (κ1) is 12.5. The van der Waals surface area contributed by atoms with E-state index >= 15 is 0 Å². The van der Waals surface area contributed by atoms with Gasteiger partial charge in [-0.2, -0.15) is 0 Å². The van der Waals surface area contributed by atoms with E-state index in [-0.39, 0.29) is 11.5 Å². The fourth-order valence-electron chi connectivity index (χ4n) is 2.17. The predicted octanol–water partition coefficient (Wildman–Crippen LogP) is 3.67. The lowest BCUT2D eigenvalue weighted by Gasteiger charge is -2.11. The number of nitrogens with zero attached hydrogens (tertiary/aromatic N) is 1. The third-order valence-corrected chi connectivity index (χ3v) is 3.15. The van der Waals surface area contributed by atoms with Gasteiger partial charge in [0.1, 0.15) is 0 Å². The van der Waals surface area contributed by atoms with Crippen molar-refractivity contribution in [3.63, 3.8) is 0 Å². The van der Waals surface area contributed by atoms with Crippen LogP contribution in [0.25, 0.3) is 0 Å². The van der Waals surface area contributed by atoms with Gasteiger partial charge in [0, 0.05) is 24.1 Å². The summed E-state index contributed by atoms with van der Waals surface area (Å²) in [5.74, 6) is -0.0353. The summed E-state index contributed by atoms with van der Waals surface area (Å²) in [4.78, 5) is 22.2. The summed E-state index contributed by atoms with van der Waals surface area (Å²) in [5, 5.41) is 10.6. The first-order valence-corrected chi connectivity index (χ1v) is 6.12. The molecule has 1 aliphatic carbocycles. The van der Waals surface area contributed by atoms with Crippen LogP contribution in [0.4, 0.5) is 5.69 Å². The Kier molecular flexibility index (Phi) is 3.87. The van der Waals surface area contributed by atoms with E-state index in [2.05, 4.69) is 6.08 Å². The van der Waals surface area contributed by atoms with E-state index in [1.807, 2.05) is 0 Å². The number of non-ortho nitro benzene ring substituents is 1. The molecule has 0 unspecified atom stereocenters. The molecule has 0 amide bonds. The maximum Gasteiger partial charge on any atom is 0.270 e. The molecular weight excluding hydrogens is 230 g/mol. The molecule has 18 heavy (non-hydrogen) atoms. The number of Topliss-reactive ketones (excluding diaryl/α,β-unsaturated/α-hetero) is 1. The predicted molar refractivity (Wildman–Crippen MR) is 68.6 cm³/mol. The van der Waals surface area contributed by atoms with Crippen LogP contribution in [0.3, 0.4) is 0 Å². The van der Waals surface area contributed by atoms with Gasteiger partial charge in [0.25, 0.3) is 5.69 Å². The molecule has 0 saturated carbocycles. The second-order valence-corrected chi connectivity index (χ2v) is 4.52. The first-order chi connectivity index (χ1) is 8.66. The van der Waals surface area contributed by atoms with Crippen molar-refractivity contribution in [2.75, 3.05) is 0 Å². The summed E-state index contributed by atoms with van der Waals surface area (Å²) < 4.78 is 0. The average molecular weight is 245 g/mol. The monoisotopic (exact) mass is 245 g/mol. The number of rotatable bonds is 4. The molecule has 0 aromatic heterocycles. The molecule has 0 bridgehead atoms. The Labute approximate surface area is 105 Å². The van der Waals surface area contributed by atoms with Crippen LogP contribution in [0.5, 0.6) is 0 Å². The molecule has 94 valence electrons. The Balaban J connectivity index is 2.11. The van der Waals surface area contributed by atoms with Gasteiger partial charge in [-0.15, -0.1) is 0 Å². The normalized spacial score (nSPS) is 15.0. The lowest BCUT2D eigenvalue weighted by Crippen LogP contribution is -2.03. The van der Waals surface area contributed by atoms with Crippen molar-refractivity contribution < 1.29 is 9.72 Å². The van der Waals surface area contributed by atoms with Gasteiger partial charge in [-0.3, -0.25) is 14.9 Å².